The summed E-state index contributed by atoms with van der Waals surface area (Å²) in [6.45, 7) is 6.28. The third-order valence-electron chi connectivity index (χ3n) is 2.44. The third-order valence-corrected chi connectivity index (χ3v) is 2.78. The van der Waals surface area contributed by atoms with Gasteiger partial charge in [-0.2, -0.15) is 0 Å². The number of nitrogens with zero attached hydrogens (tertiary/aromatic N) is 1. The van der Waals surface area contributed by atoms with Gasteiger partial charge in [0.05, 0.1) is 0 Å². The van der Waals surface area contributed by atoms with Crippen LogP contribution in [-0.2, 0) is 0 Å². The predicted molar refractivity (Wildman–Crippen MR) is 68.5 cm³/mol. The van der Waals surface area contributed by atoms with Crippen molar-refractivity contribution in [2.24, 2.45) is 0 Å². The molecule has 1 aromatic heterocycles. The Balaban J connectivity index is 2.55. The Morgan fingerprint density at radius 1 is 1.31 bits per heavy atom. The van der Waals surface area contributed by atoms with Crippen molar-refractivity contribution in [3.8, 4) is 11.3 Å². The number of hydrogen-bond acceptors (Lipinski definition) is 2. The van der Waals surface area contributed by atoms with Crippen LogP contribution in [0.25, 0.3) is 11.3 Å². The molecule has 2 aromatic rings. The van der Waals surface area contributed by atoms with Crippen molar-refractivity contribution in [3.05, 3.63) is 40.4 Å². The monoisotopic (exact) mass is 279 g/mol. The van der Waals surface area contributed by atoms with Crippen molar-refractivity contribution in [1.82, 2.24) is 4.98 Å². The predicted octanol–water partition coefficient (Wildman–Crippen LogP) is 4.54. The van der Waals surface area contributed by atoms with Crippen molar-refractivity contribution in [2.45, 2.75) is 26.7 Å². The number of aryl methyl sites for hydroxylation is 1. The lowest BCUT2D eigenvalue weighted by Crippen LogP contribution is -1.89. The molecule has 84 valence electrons. The first-order valence-corrected chi connectivity index (χ1v) is 6.10. The first-order valence-electron chi connectivity index (χ1n) is 5.31. The fourth-order valence-electron chi connectivity index (χ4n) is 1.70. The Labute approximate surface area is 104 Å². The number of hydrogen-bond donors (Lipinski definition) is 0. The molecule has 0 aliphatic heterocycles. The van der Waals surface area contributed by atoms with E-state index >= 15 is 0 Å². The second-order valence-corrected chi connectivity index (χ2v) is 4.88. The molecule has 0 fully saturated rings. The Bertz CT molecular complexity index is 502. The van der Waals surface area contributed by atoms with Crippen molar-refractivity contribution in [3.63, 3.8) is 0 Å². The highest BCUT2D eigenvalue weighted by atomic mass is 79.9. The molecular weight excluding hydrogens is 266 g/mol. The van der Waals surface area contributed by atoms with Crippen molar-refractivity contribution in [1.29, 1.82) is 0 Å². The summed E-state index contributed by atoms with van der Waals surface area (Å²) in [5.74, 6) is 1.26. The van der Waals surface area contributed by atoms with Crippen molar-refractivity contribution < 1.29 is 4.42 Å². The van der Waals surface area contributed by atoms with E-state index < -0.39 is 0 Å². The number of rotatable bonds is 2. The second-order valence-electron chi connectivity index (χ2n) is 4.20. The average Bonchev–Trinajstić information content (AvgIpc) is 2.60. The lowest BCUT2D eigenvalue weighted by molar-refractivity contribution is 0.461. The van der Waals surface area contributed by atoms with E-state index in [9.17, 15) is 0 Å². The van der Waals surface area contributed by atoms with Gasteiger partial charge in [-0.15, -0.1) is 0 Å². The van der Waals surface area contributed by atoms with Crippen molar-refractivity contribution in [2.75, 3.05) is 0 Å². The molecule has 0 saturated carbocycles. The highest BCUT2D eigenvalue weighted by Gasteiger charge is 2.16. The summed E-state index contributed by atoms with van der Waals surface area (Å²) in [4.78, 5) is 4.94. The quantitative estimate of drug-likeness (QED) is 0.807. The summed E-state index contributed by atoms with van der Waals surface area (Å²) in [7, 11) is 0. The molecule has 2 rings (SSSR count). The molecule has 0 atom stereocenters. The fraction of sp³-hybridized carbons (Fsp3) is 0.308. The van der Waals surface area contributed by atoms with Gasteiger partial charge >= 0.3 is 0 Å². The molecular formula is C13H14BrNO. The Kier molecular flexibility index (Phi) is 3.15. The minimum atomic E-state index is 0.328. The SMILES string of the molecule is Cc1cccc(-c2nc(Br)oc2C(C)C)c1. The van der Waals surface area contributed by atoms with E-state index in [4.69, 9.17) is 4.42 Å². The third kappa shape index (κ3) is 2.19. The Morgan fingerprint density at radius 3 is 2.69 bits per heavy atom. The molecule has 1 heterocycles. The largest absolute Gasteiger partial charge is 0.435 e. The van der Waals surface area contributed by atoms with Gasteiger partial charge in [0.25, 0.3) is 4.80 Å². The molecule has 2 nitrogen and oxygen atoms in total. The molecule has 0 aliphatic carbocycles. The molecule has 16 heavy (non-hydrogen) atoms. The van der Waals surface area contributed by atoms with Crippen LogP contribution in [0, 0.1) is 6.92 Å². The summed E-state index contributed by atoms with van der Waals surface area (Å²) >= 11 is 3.29. The van der Waals surface area contributed by atoms with Crippen LogP contribution in [0.4, 0.5) is 0 Å². The van der Waals surface area contributed by atoms with Gasteiger partial charge in [0.1, 0.15) is 11.5 Å². The zero-order valence-corrected chi connectivity index (χ0v) is 11.2. The molecule has 0 spiro atoms. The van der Waals surface area contributed by atoms with Crippen LogP contribution in [0.1, 0.15) is 31.1 Å². The molecule has 0 bridgehead atoms. The van der Waals surface area contributed by atoms with E-state index in [-0.39, 0.29) is 0 Å². The molecule has 0 amide bonds. The Morgan fingerprint density at radius 2 is 2.06 bits per heavy atom. The van der Waals surface area contributed by atoms with Crippen molar-refractivity contribution >= 4 is 15.9 Å². The minimum Gasteiger partial charge on any atom is -0.435 e. The van der Waals surface area contributed by atoms with E-state index in [1.165, 1.54) is 5.56 Å². The van der Waals surface area contributed by atoms with Crippen LogP contribution in [0.2, 0.25) is 0 Å². The maximum absolute atomic E-state index is 5.58. The number of halogens is 1. The van der Waals surface area contributed by atoms with Gasteiger partial charge in [-0.1, -0.05) is 37.6 Å². The topological polar surface area (TPSA) is 26.0 Å². The molecule has 3 heteroatoms. The first-order chi connectivity index (χ1) is 7.58. The Hall–Kier alpha value is -1.09. The fourth-order valence-corrected chi connectivity index (χ4v) is 2.05. The number of aromatic nitrogens is 1. The molecule has 0 N–H and O–H groups in total. The van der Waals surface area contributed by atoms with E-state index in [1.54, 1.807) is 0 Å². The standard InChI is InChI=1S/C13H14BrNO/c1-8(2)12-11(15-13(14)16-12)10-6-4-5-9(3)7-10/h4-8H,1-3H3. The summed E-state index contributed by atoms with van der Waals surface area (Å²) in [5, 5.41) is 0. The lowest BCUT2D eigenvalue weighted by Gasteiger charge is -2.04. The number of oxazole rings is 1. The van der Waals surface area contributed by atoms with Crippen LogP contribution < -0.4 is 0 Å². The van der Waals surface area contributed by atoms with Gasteiger partial charge in [0, 0.05) is 27.4 Å². The van der Waals surface area contributed by atoms with Crippen LogP contribution in [-0.4, -0.2) is 4.98 Å². The summed E-state index contributed by atoms with van der Waals surface area (Å²) in [6.07, 6.45) is 0. The van der Waals surface area contributed by atoms with Gasteiger partial charge in [-0.3, -0.25) is 0 Å². The highest BCUT2D eigenvalue weighted by Crippen LogP contribution is 2.31. The molecule has 0 aliphatic rings. The van der Waals surface area contributed by atoms with E-state index in [2.05, 4.69) is 59.9 Å². The van der Waals surface area contributed by atoms with Gasteiger partial charge in [-0.05, 0) is 13.0 Å². The lowest BCUT2D eigenvalue weighted by atomic mass is 10.0. The van der Waals surface area contributed by atoms with E-state index in [0.29, 0.717) is 10.7 Å². The van der Waals surface area contributed by atoms with Gasteiger partial charge in [-0.25, -0.2) is 4.98 Å². The normalized spacial score (nSPS) is 11.1. The maximum Gasteiger partial charge on any atom is 0.264 e. The smallest absolute Gasteiger partial charge is 0.264 e. The molecule has 0 unspecified atom stereocenters. The first kappa shape index (κ1) is 11.4. The molecule has 0 radical (unpaired) electrons. The average molecular weight is 280 g/mol. The number of benzene rings is 1. The van der Waals surface area contributed by atoms with Crippen LogP contribution >= 0.6 is 15.9 Å². The minimum absolute atomic E-state index is 0.328. The maximum atomic E-state index is 5.58. The summed E-state index contributed by atoms with van der Waals surface area (Å²) < 4.78 is 5.58. The van der Waals surface area contributed by atoms with Crippen LogP contribution in [0.15, 0.2) is 33.5 Å². The molecule has 1 aromatic carbocycles. The zero-order chi connectivity index (χ0) is 11.7. The van der Waals surface area contributed by atoms with Gasteiger partial charge in [0.15, 0.2) is 0 Å². The zero-order valence-electron chi connectivity index (χ0n) is 9.62. The second kappa shape index (κ2) is 4.42. The molecule has 0 saturated heterocycles. The highest BCUT2D eigenvalue weighted by molar-refractivity contribution is 9.10. The summed E-state index contributed by atoms with van der Waals surface area (Å²) in [6, 6.07) is 8.30. The van der Waals surface area contributed by atoms with Gasteiger partial charge < -0.3 is 4.42 Å². The van der Waals surface area contributed by atoms with Crippen LogP contribution in [0.5, 0.6) is 0 Å². The van der Waals surface area contributed by atoms with E-state index in [0.717, 1.165) is 17.0 Å². The van der Waals surface area contributed by atoms with Gasteiger partial charge in [0.2, 0.25) is 0 Å². The summed E-state index contributed by atoms with van der Waals surface area (Å²) in [5.41, 5.74) is 3.27. The van der Waals surface area contributed by atoms with Crippen LogP contribution in [0.3, 0.4) is 0 Å². The van der Waals surface area contributed by atoms with E-state index in [1.807, 2.05) is 6.07 Å².